The van der Waals surface area contributed by atoms with Crippen LogP contribution >= 0.6 is 11.3 Å². The van der Waals surface area contributed by atoms with Gasteiger partial charge in [0.25, 0.3) is 5.91 Å². The van der Waals surface area contributed by atoms with E-state index in [1.807, 2.05) is 12.1 Å². The van der Waals surface area contributed by atoms with Crippen LogP contribution in [0.15, 0.2) is 36.4 Å². The van der Waals surface area contributed by atoms with Gasteiger partial charge in [-0.3, -0.25) is 10.1 Å². The Labute approximate surface area is 161 Å². The molecule has 0 fully saturated rings. The van der Waals surface area contributed by atoms with E-state index in [2.05, 4.69) is 16.4 Å². The van der Waals surface area contributed by atoms with Gasteiger partial charge in [-0.25, -0.2) is 9.78 Å². The van der Waals surface area contributed by atoms with E-state index in [9.17, 15) is 9.59 Å². The number of amides is 1. The minimum Gasteiger partial charge on any atom is -0.462 e. The molecule has 3 aromatic rings. The summed E-state index contributed by atoms with van der Waals surface area (Å²) in [6, 6.07) is 11.1. The topological polar surface area (TPSA) is 68.3 Å². The molecule has 0 spiro atoms. The number of thiazole rings is 1. The molecule has 1 aliphatic rings. The number of carbonyl (C=O) groups excluding carboxylic acids is 2. The van der Waals surface area contributed by atoms with Gasteiger partial charge in [0.15, 0.2) is 5.13 Å². The molecule has 1 amide bonds. The molecule has 0 aliphatic heterocycles. The van der Waals surface area contributed by atoms with Crippen LogP contribution in [0.1, 0.15) is 51.6 Å². The molecule has 6 heteroatoms. The second kappa shape index (κ2) is 7.48. The van der Waals surface area contributed by atoms with E-state index in [1.165, 1.54) is 35.3 Å². The molecule has 1 N–H and O–H groups in total. The lowest BCUT2D eigenvalue weighted by Crippen LogP contribution is -2.13. The second-order valence-corrected chi connectivity index (χ2v) is 7.60. The van der Waals surface area contributed by atoms with Crippen molar-refractivity contribution in [3.8, 4) is 0 Å². The minimum atomic E-state index is -0.354. The summed E-state index contributed by atoms with van der Waals surface area (Å²) in [6.45, 7) is 2.11. The number of rotatable bonds is 4. The SMILES string of the molecule is CCOC(=O)c1ccc2nc(NC(=O)c3ccc4c(c3)CCCC4)sc2c1. The molecule has 4 rings (SSSR count). The van der Waals surface area contributed by atoms with Crippen molar-refractivity contribution in [3.63, 3.8) is 0 Å². The Morgan fingerprint density at radius 2 is 1.85 bits per heavy atom. The normalized spacial score (nSPS) is 13.2. The fourth-order valence-electron chi connectivity index (χ4n) is 3.36. The van der Waals surface area contributed by atoms with E-state index in [1.54, 1.807) is 25.1 Å². The van der Waals surface area contributed by atoms with E-state index in [-0.39, 0.29) is 11.9 Å². The summed E-state index contributed by atoms with van der Waals surface area (Å²) in [6.07, 6.45) is 4.53. The van der Waals surface area contributed by atoms with Gasteiger partial charge >= 0.3 is 5.97 Å². The Bertz CT molecular complexity index is 1030. The van der Waals surface area contributed by atoms with Crippen molar-refractivity contribution in [2.75, 3.05) is 11.9 Å². The summed E-state index contributed by atoms with van der Waals surface area (Å²) in [5.41, 5.74) is 4.51. The Morgan fingerprint density at radius 3 is 2.67 bits per heavy atom. The number of aryl methyl sites for hydroxylation is 2. The molecule has 0 saturated heterocycles. The highest BCUT2D eigenvalue weighted by molar-refractivity contribution is 7.22. The van der Waals surface area contributed by atoms with Crippen molar-refractivity contribution in [2.24, 2.45) is 0 Å². The zero-order chi connectivity index (χ0) is 18.8. The summed E-state index contributed by atoms with van der Waals surface area (Å²) in [7, 11) is 0. The number of hydrogen-bond donors (Lipinski definition) is 1. The first-order chi connectivity index (χ1) is 13.1. The zero-order valence-electron chi connectivity index (χ0n) is 15.1. The number of ether oxygens (including phenoxy) is 1. The third-order valence-electron chi connectivity index (χ3n) is 4.73. The largest absolute Gasteiger partial charge is 0.462 e. The Kier molecular flexibility index (Phi) is 4.90. The molecule has 1 aliphatic carbocycles. The number of aromatic nitrogens is 1. The molecular formula is C21H20N2O3S. The summed E-state index contributed by atoms with van der Waals surface area (Å²) < 4.78 is 5.86. The lowest BCUT2D eigenvalue weighted by atomic mass is 9.90. The van der Waals surface area contributed by atoms with Gasteiger partial charge < -0.3 is 4.74 Å². The van der Waals surface area contributed by atoms with E-state index in [0.29, 0.717) is 22.9 Å². The van der Waals surface area contributed by atoms with Crippen molar-refractivity contribution in [1.29, 1.82) is 0 Å². The smallest absolute Gasteiger partial charge is 0.338 e. The monoisotopic (exact) mass is 380 g/mol. The third kappa shape index (κ3) is 3.71. The number of benzene rings is 2. The van der Waals surface area contributed by atoms with Crippen molar-refractivity contribution in [1.82, 2.24) is 4.98 Å². The van der Waals surface area contributed by atoms with Crippen molar-refractivity contribution < 1.29 is 14.3 Å². The Hall–Kier alpha value is -2.73. The van der Waals surface area contributed by atoms with Crippen LogP contribution < -0.4 is 5.32 Å². The van der Waals surface area contributed by atoms with Gasteiger partial charge in [-0.15, -0.1) is 0 Å². The predicted octanol–water partition coefficient (Wildman–Crippen LogP) is 4.60. The average molecular weight is 380 g/mol. The fraction of sp³-hybridized carbons (Fsp3) is 0.286. The van der Waals surface area contributed by atoms with Gasteiger partial charge in [-0.2, -0.15) is 0 Å². The third-order valence-corrected chi connectivity index (χ3v) is 5.66. The van der Waals surface area contributed by atoms with Gasteiger partial charge in [-0.1, -0.05) is 17.4 Å². The molecular weight excluding hydrogens is 360 g/mol. The Morgan fingerprint density at radius 1 is 1.07 bits per heavy atom. The first-order valence-corrected chi connectivity index (χ1v) is 9.96. The molecule has 0 atom stereocenters. The highest BCUT2D eigenvalue weighted by Gasteiger charge is 2.15. The highest BCUT2D eigenvalue weighted by Crippen LogP contribution is 2.28. The number of nitrogens with one attached hydrogen (secondary N) is 1. The lowest BCUT2D eigenvalue weighted by Gasteiger charge is -2.16. The van der Waals surface area contributed by atoms with Gasteiger partial charge in [0, 0.05) is 5.56 Å². The summed E-state index contributed by atoms with van der Waals surface area (Å²) >= 11 is 1.35. The van der Waals surface area contributed by atoms with Crippen LogP contribution in [-0.4, -0.2) is 23.5 Å². The van der Waals surface area contributed by atoms with Gasteiger partial charge in [0.2, 0.25) is 0 Å². The van der Waals surface area contributed by atoms with Crippen molar-refractivity contribution in [2.45, 2.75) is 32.6 Å². The number of fused-ring (bicyclic) bond motifs is 2. The van der Waals surface area contributed by atoms with Crippen LogP contribution in [0.2, 0.25) is 0 Å². The highest BCUT2D eigenvalue weighted by atomic mass is 32.1. The van der Waals surface area contributed by atoms with Crippen molar-refractivity contribution >= 4 is 38.6 Å². The van der Waals surface area contributed by atoms with Gasteiger partial charge in [-0.05, 0) is 74.1 Å². The molecule has 27 heavy (non-hydrogen) atoms. The second-order valence-electron chi connectivity index (χ2n) is 6.57. The molecule has 0 radical (unpaired) electrons. The first-order valence-electron chi connectivity index (χ1n) is 9.15. The quantitative estimate of drug-likeness (QED) is 0.672. The zero-order valence-corrected chi connectivity index (χ0v) is 15.9. The summed E-state index contributed by atoms with van der Waals surface area (Å²) in [5, 5.41) is 3.40. The van der Waals surface area contributed by atoms with Crippen molar-refractivity contribution in [3.05, 3.63) is 58.7 Å². The number of anilines is 1. The molecule has 5 nitrogen and oxygen atoms in total. The molecule has 2 aromatic carbocycles. The molecule has 1 aromatic heterocycles. The number of hydrogen-bond acceptors (Lipinski definition) is 5. The number of nitrogens with zero attached hydrogens (tertiary/aromatic N) is 1. The lowest BCUT2D eigenvalue weighted by molar-refractivity contribution is 0.0526. The Balaban J connectivity index is 1.54. The van der Waals surface area contributed by atoms with Crippen LogP contribution in [-0.2, 0) is 17.6 Å². The fourth-order valence-corrected chi connectivity index (χ4v) is 4.26. The van der Waals surface area contributed by atoms with Crippen LogP contribution in [0.3, 0.4) is 0 Å². The maximum Gasteiger partial charge on any atom is 0.338 e. The first kappa shape index (κ1) is 17.7. The van der Waals surface area contributed by atoms with Crippen LogP contribution in [0.25, 0.3) is 10.2 Å². The number of esters is 1. The van der Waals surface area contributed by atoms with E-state index < -0.39 is 0 Å². The standard InChI is InChI=1S/C21H20N2O3S/c1-2-26-20(25)16-9-10-17-18(12-16)27-21(22-17)23-19(24)15-8-7-13-5-3-4-6-14(13)11-15/h7-12H,2-6H2,1H3,(H,22,23,24). The van der Waals surface area contributed by atoms with E-state index in [0.717, 1.165) is 23.1 Å². The van der Waals surface area contributed by atoms with Crippen LogP contribution in [0.5, 0.6) is 0 Å². The van der Waals surface area contributed by atoms with E-state index >= 15 is 0 Å². The van der Waals surface area contributed by atoms with E-state index in [4.69, 9.17) is 4.74 Å². The minimum absolute atomic E-state index is 0.159. The predicted molar refractivity (Wildman–Crippen MR) is 107 cm³/mol. The molecule has 0 saturated carbocycles. The van der Waals surface area contributed by atoms with Gasteiger partial charge in [0.1, 0.15) is 0 Å². The molecule has 0 bridgehead atoms. The maximum absolute atomic E-state index is 12.6. The van der Waals surface area contributed by atoms with Crippen LogP contribution in [0.4, 0.5) is 5.13 Å². The molecule has 0 unspecified atom stereocenters. The van der Waals surface area contributed by atoms with Gasteiger partial charge in [0.05, 0.1) is 22.4 Å². The summed E-state index contributed by atoms with van der Waals surface area (Å²) in [5.74, 6) is -0.513. The summed E-state index contributed by atoms with van der Waals surface area (Å²) in [4.78, 5) is 28.9. The molecule has 138 valence electrons. The maximum atomic E-state index is 12.6. The molecule has 1 heterocycles. The number of carbonyl (C=O) groups is 2. The van der Waals surface area contributed by atoms with Crippen LogP contribution in [0, 0.1) is 0 Å². The average Bonchev–Trinajstić information content (AvgIpc) is 3.09.